The molecule has 5 heteroatoms. The van der Waals surface area contributed by atoms with E-state index >= 15 is 0 Å². The summed E-state index contributed by atoms with van der Waals surface area (Å²) in [6.45, 7) is -0.0181. The molecule has 0 saturated carbocycles. The molecule has 2 N–H and O–H groups in total. The van der Waals surface area contributed by atoms with Crippen LogP contribution in [-0.4, -0.2) is 26.7 Å². The zero-order valence-electron chi connectivity index (χ0n) is 11.3. The van der Waals surface area contributed by atoms with E-state index in [0.29, 0.717) is 0 Å². The maximum absolute atomic E-state index is 9.60. The maximum atomic E-state index is 9.60. The van der Waals surface area contributed by atoms with Crippen LogP contribution in [0.25, 0.3) is 0 Å². The fourth-order valence-corrected chi connectivity index (χ4v) is 2.61. The molecule has 0 spiro atoms. The zero-order chi connectivity index (χ0) is 13.8. The van der Waals surface area contributed by atoms with Crippen molar-refractivity contribution in [1.29, 1.82) is 0 Å². The van der Waals surface area contributed by atoms with Crippen molar-refractivity contribution in [2.45, 2.75) is 31.7 Å². The minimum atomic E-state index is -0.239. The van der Waals surface area contributed by atoms with Gasteiger partial charge in [-0.3, -0.25) is 4.98 Å². The molecule has 3 rings (SSSR count). The normalized spacial score (nSPS) is 15.4. The van der Waals surface area contributed by atoms with E-state index in [9.17, 15) is 5.11 Å². The van der Waals surface area contributed by atoms with Gasteiger partial charge in [0.25, 0.3) is 0 Å². The van der Waals surface area contributed by atoms with Crippen molar-refractivity contribution in [3.63, 3.8) is 0 Å². The van der Waals surface area contributed by atoms with Crippen LogP contribution in [0.5, 0.6) is 0 Å². The summed E-state index contributed by atoms with van der Waals surface area (Å²) < 4.78 is 0. The molecule has 20 heavy (non-hydrogen) atoms. The Kier molecular flexibility index (Phi) is 3.87. The molecule has 0 aliphatic heterocycles. The van der Waals surface area contributed by atoms with Crippen LogP contribution in [0.2, 0.25) is 0 Å². The third-order valence-electron chi connectivity index (χ3n) is 3.66. The van der Waals surface area contributed by atoms with Gasteiger partial charge in [-0.15, -0.1) is 0 Å². The van der Waals surface area contributed by atoms with E-state index < -0.39 is 0 Å². The minimum absolute atomic E-state index is 0.0181. The number of pyridine rings is 1. The highest BCUT2D eigenvalue weighted by molar-refractivity contribution is 5.48. The molecular weight excluding hydrogens is 252 g/mol. The lowest BCUT2D eigenvalue weighted by Crippen LogP contribution is -2.19. The van der Waals surface area contributed by atoms with Gasteiger partial charge in [0, 0.05) is 17.5 Å². The topological polar surface area (TPSA) is 70.9 Å². The Morgan fingerprint density at radius 2 is 2.05 bits per heavy atom. The summed E-state index contributed by atoms with van der Waals surface area (Å²) in [6, 6.07) is 5.45. The van der Waals surface area contributed by atoms with Crippen LogP contribution >= 0.6 is 0 Å². The molecule has 2 aromatic rings. The summed E-state index contributed by atoms with van der Waals surface area (Å²) >= 11 is 0. The van der Waals surface area contributed by atoms with E-state index in [1.165, 1.54) is 18.4 Å². The van der Waals surface area contributed by atoms with Crippen LogP contribution in [0.3, 0.4) is 0 Å². The van der Waals surface area contributed by atoms with Crippen molar-refractivity contribution in [2.24, 2.45) is 0 Å². The first-order chi connectivity index (χ1) is 9.88. The van der Waals surface area contributed by atoms with Crippen molar-refractivity contribution in [3.05, 3.63) is 47.7 Å². The van der Waals surface area contributed by atoms with E-state index in [-0.39, 0.29) is 12.6 Å². The second-order valence-corrected chi connectivity index (χ2v) is 4.99. The predicted molar refractivity (Wildman–Crippen MR) is 76.4 cm³/mol. The third-order valence-corrected chi connectivity index (χ3v) is 3.66. The van der Waals surface area contributed by atoms with Gasteiger partial charge >= 0.3 is 0 Å². The molecule has 0 amide bonds. The number of nitrogens with one attached hydrogen (secondary N) is 1. The van der Waals surface area contributed by atoms with Gasteiger partial charge in [0.05, 0.1) is 18.3 Å². The summed E-state index contributed by atoms with van der Waals surface area (Å²) in [5.74, 6) is 0.833. The average molecular weight is 270 g/mol. The van der Waals surface area contributed by atoms with Crippen molar-refractivity contribution in [2.75, 3.05) is 11.9 Å². The van der Waals surface area contributed by atoms with Gasteiger partial charge in [0.2, 0.25) is 0 Å². The van der Waals surface area contributed by atoms with Crippen molar-refractivity contribution in [1.82, 2.24) is 15.0 Å². The van der Waals surface area contributed by atoms with E-state index in [4.69, 9.17) is 0 Å². The lowest BCUT2D eigenvalue weighted by Gasteiger charge is -2.21. The van der Waals surface area contributed by atoms with E-state index in [1.807, 2.05) is 18.2 Å². The fourth-order valence-electron chi connectivity index (χ4n) is 2.61. The molecule has 0 fully saturated rings. The lowest BCUT2D eigenvalue weighted by molar-refractivity contribution is 0.274. The van der Waals surface area contributed by atoms with E-state index in [2.05, 4.69) is 20.3 Å². The molecule has 2 heterocycles. The minimum Gasteiger partial charge on any atom is -0.394 e. The average Bonchev–Trinajstić information content (AvgIpc) is 2.53. The Hall–Kier alpha value is -2.01. The Balaban J connectivity index is 1.87. The van der Waals surface area contributed by atoms with Gasteiger partial charge in [-0.2, -0.15) is 0 Å². The molecular formula is C15H18N4O. The summed E-state index contributed by atoms with van der Waals surface area (Å²) in [7, 11) is 0. The molecule has 1 aliphatic rings. The molecule has 0 bridgehead atoms. The number of aromatic nitrogens is 3. The number of aryl methyl sites for hydroxylation is 1. The van der Waals surface area contributed by atoms with Crippen LogP contribution in [0, 0.1) is 0 Å². The summed E-state index contributed by atoms with van der Waals surface area (Å²) in [5.41, 5.74) is 3.14. The molecule has 0 aromatic carbocycles. The lowest BCUT2D eigenvalue weighted by atomic mass is 9.96. The molecule has 5 nitrogen and oxygen atoms in total. The Labute approximate surface area is 118 Å². The highest BCUT2D eigenvalue weighted by Gasteiger charge is 2.18. The molecule has 1 atom stereocenters. The number of nitrogens with zero attached hydrogens (tertiary/aromatic N) is 3. The number of hydrogen-bond donors (Lipinski definition) is 2. The Bertz CT molecular complexity index is 573. The number of aliphatic hydroxyl groups excluding tert-OH is 1. The van der Waals surface area contributed by atoms with Crippen LogP contribution in [-0.2, 0) is 12.8 Å². The van der Waals surface area contributed by atoms with Crippen LogP contribution in [0.15, 0.2) is 30.7 Å². The van der Waals surface area contributed by atoms with Crippen molar-refractivity contribution < 1.29 is 5.11 Å². The number of fused-ring (bicyclic) bond motifs is 1. The zero-order valence-corrected chi connectivity index (χ0v) is 11.3. The monoisotopic (exact) mass is 270 g/mol. The van der Waals surface area contributed by atoms with E-state index in [0.717, 1.165) is 30.0 Å². The SMILES string of the molecule is OCC(Nc1ncnc2c1CCCC2)c1ccccn1. The second kappa shape index (κ2) is 5.96. The molecule has 2 aromatic heterocycles. The number of rotatable bonds is 4. The summed E-state index contributed by atoms with van der Waals surface area (Å²) in [6.07, 6.45) is 7.70. The smallest absolute Gasteiger partial charge is 0.133 e. The van der Waals surface area contributed by atoms with E-state index in [1.54, 1.807) is 12.5 Å². The first-order valence-electron chi connectivity index (χ1n) is 6.99. The fraction of sp³-hybridized carbons (Fsp3) is 0.400. The predicted octanol–water partition coefficient (Wildman–Crippen LogP) is 1.90. The maximum Gasteiger partial charge on any atom is 0.133 e. The first-order valence-corrected chi connectivity index (χ1v) is 6.99. The summed E-state index contributed by atoms with van der Waals surface area (Å²) in [5, 5.41) is 12.9. The van der Waals surface area contributed by atoms with Gasteiger partial charge in [0.15, 0.2) is 0 Å². The first kappa shape index (κ1) is 13.0. The van der Waals surface area contributed by atoms with Crippen LogP contribution in [0.1, 0.15) is 35.8 Å². The van der Waals surface area contributed by atoms with Gasteiger partial charge in [0.1, 0.15) is 12.1 Å². The highest BCUT2D eigenvalue weighted by Crippen LogP contribution is 2.26. The van der Waals surface area contributed by atoms with Gasteiger partial charge in [-0.05, 0) is 37.8 Å². The molecule has 1 aliphatic carbocycles. The van der Waals surface area contributed by atoms with Gasteiger partial charge in [-0.1, -0.05) is 6.07 Å². The highest BCUT2D eigenvalue weighted by atomic mass is 16.3. The Morgan fingerprint density at radius 1 is 1.15 bits per heavy atom. The largest absolute Gasteiger partial charge is 0.394 e. The second-order valence-electron chi connectivity index (χ2n) is 4.99. The Morgan fingerprint density at radius 3 is 2.85 bits per heavy atom. The number of aliphatic hydroxyl groups is 1. The summed E-state index contributed by atoms with van der Waals surface area (Å²) in [4.78, 5) is 13.0. The molecule has 104 valence electrons. The number of hydrogen-bond acceptors (Lipinski definition) is 5. The van der Waals surface area contributed by atoms with Crippen molar-refractivity contribution >= 4 is 5.82 Å². The third kappa shape index (κ3) is 2.63. The van der Waals surface area contributed by atoms with Gasteiger partial charge in [-0.25, -0.2) is 9.97 Å². The standard InChI is InChI=1S/C15H18N4O/c20-9-14(13-7-3-4-8-16-13)19-15-11-5-1-2-6-12(11)17-10-18-15/h3-4,7-8,10,14,20H,1-2,5-6,9H2,(H,17,18,19). The van der Waals surface area contributed by atoms with Crippen LogP contribution in [0.4, 0.5) is 5.82 Å². The molecule has 1 unspecified atom stereocenters. The molecule has 0 saturated heterocycles. The van der Waals surface area contributed by atoms with Gasteiger partial charge < -0.3 is 10.4 Å². The molecule has 0 radical (unpaired) electrons. The quantitative estimate of drug-likeness (QED) is 0.888. The van der Waals surface area contributed by atoms with Crippen molar-refractivity contribution in [3.8, 4) is 0 Å². The van der Waals surface area contributed by atoms with Crippen LogP contribution < -0.4 is 5.32 Å². The number of anilines is 1.